The van der Waals surface area contributed by atoms with Gasteiger partial charge < -0.3 is 5.11 Å². The molecule has 0 saturated heterocycles. The van der Waals surface area contributed by atoms with E-state index >= 15 is 0 Å². The van der Waals surface area contributed by atoms with E-state index in [9.17, 15) is 4.79 Å². The maximum Gasteiger partial charge on any atom is 0.306 e. The van der Waals surface area contributed by atoms with Crippen molar-refractivity contribution in [2.75, 3.05) is 0 Å². The molecule has 0 saturated carbocycles. The van der Waals surface area contributed by atoms with Crippen molar-refractivity contribution in [3.8, 4) is 0 Å². The van der Waals surface area contributed by atoms with Gasteiger partial charge in [-0.05, 0) is 26.7 Å². The quantitative estimate of drug-likeness (QED) is 0.635. The molecule has 1 unspecified atom stereocenters. The lowest BCUT2D eigenvalue weighted by Gasteiger charge is -2.08. The van der Waals surface area contributed by atoms with Crippen LogP contribution in [0.25, 0.3) is 0 Å². The molecule has 0 radical (unpaired) electrons. The standard InChI is InChI=1S/C9H16O2/c1-4-7(3)6-8(5-2)9(10)11/h4,8H,5-6H2,1-3H3,(H,10,11). The summed E-state index contributed by atoms with van der Waals surface area (Å²) in [6.07, 6.45) is 3.36. The van der Waals surface area contributed by atoms with Gasteiger partial charge in [-0.3, -0.25) is 4.79 Å². The molecule has 0 bridgehead atoms. The Labute approximate surface area is 67.9 Å². The van der Waals surface area contributed by atoms with Crippen LogP contribution in [0.4, 0.5) is 0 Å². The average molecular weight is 156 g/mol. The lowest BCUT2D eigenvalue weighted by atomic mass is 9.98. The minimum absolute atomic E-state index is 0.203. The largest absolute Gasteiger partial charge is 0.481 e. The molecular formula is C9H16O2. The Balaban J connectivity index is 3.98. The van der Waals surface area contributed by atoms with Crippen LogP contribution in [-0.4, -0.2) is 11.1 Å². The van der Waals surface area contributed by atoms with Crippen molar-refractivity contribution in [1.82, 2.24) is 0 Å². The topological polar surface area (TPSA) is 37.3 Å². The van der Waals surface area contributed by atoms with Crippen LogP contribution in [-0.2, 0) is 4.79 Å². The molecule has 0 aromatic heterocycles. The average Bonchev–Trinajstić information content (AvgIpc) is 1.99. The maximum atomic E-state index is 10.6. The van der Waals surface area contributed by atoms with Gasteiger partial charge in [0.1, 0.15) is 0 Å². The highest BCUT2D eigenvalue weighted by Crippen LogP contribution is 2.14. The molecule has 0 amide bonds. The van der Waals surface area contributed by atoms with Gasteiger partial charge in [-0.15, -0.1) is 0 Å². The van der Waals surface area contributed by atoms with Crippen molar-refractivity contribution in [1.29, 1.82) is 0 Å². The lowest BCUT2D eigenvalue weighted by molar-refractivity contribution is -0.141. The van der Waals surface area contributed by atoms with Crippen molar-refractivity contribution in [3.05, 3.63) is 11.6 Å². The van der Waals surface area contributed by atoms with E-state index in [1.165, 1.54) is 0 Å². The third kappa shape index (κ3) is 3.81. The van der Waals surface area contributed by atoms with Crippen molar-refractivity contribution in [2.24, 2.45) is 5.92 Å². The Morgan fingerprint density at radius 1 is 1.64 bits per heavy atom. The number of hydrogen-bond acceptors (Lipinski definition) is 1. The molecule has 64 valence electrons. The first-order valence-electron chi connectivity index (χ1n) is 3.96. The lowest BCUT2D eigenvalue weighted by Crippen LogP contribution is -2.12. The van der Waals surface area contributed by atoms with Gasteiger partial charge in [-0.25, -0.2) is 0 Å². The summed E-state index contributed by atoms with van der Waals surface area (Å²) in [6.45, 7) is 5.80. The van der Waals surface area contributed by atoms with Gasteiger partial charge in [0.15, 0.2) is 0 Å². The summed E-state index contributed by atoms with van der Waals surface area (Å²) in [5, 5.41) is 8.69. The van der Waals surface area contributed by atoms with Crippen LogP contribution in [0.15, 0.2) is 11.6 Å². The molecule has 0 aliphatic carbocycles. The predicted molar refractivity (Wildman–Crippen MR) is 45.5 cm³/mol. The molecular weight excluding hydrogens is 140 g/mol. The number of carbonyl (C=O) groups is 1. The Bertz CT molecular complexity index is 159. The van der Waals surface area contributed by atoms with E-state index in [0.29, 0.717) is 12.8 Å². The monoisotopic (exact) mass is 156 g/mol. The van der Waals surface area contributed by atoms with E-state index in [1.807, 2.05) is 26.8 Å². The number of carboxylic acid groups (broad SMARTS) is 1. The molecule has 1 N–H and O–H groups in total. The Morgan fingerprint density at radius 3 is 2.45 bits per heavy atom. The minimum atomic E-state index is -0.686. The fourth-order valence-electron chi connectivity index (χ4n) is 0.913. The number of allylic oxidation sites excluding steroid dienone is 2. The third-order valence-electron chi connectivity index (χ3n) is 1.90. The second-order valence-corrected chi connectivity index (χ2v) is 2.78. The normalized spacial score (nSPS) is 14.6. The van der Waals surface area contributed by atoms with Crippen LogP contribution in [0.5, 0.6) is 0 Å². The van der Waals surface area contributed by atoms with Gasteiger partial charge >= 0.3 is 5.97 Å². The molecule has 0 rings (SSSR count). The van der Waals surface area contributed by atoms with E-state index in [-0.39, 0.29) is 5.92 Å². The summed E-state index contributed by atoms with van der Waals surface area (Å²) in [5.41, 5.74) is 1.15. The first kappa shape index (κ1) is 10.2. The number of rotatable bonds is 4. The van der Waals surface area contributed by atoms with Gasteiger partial charge in [-0.2, -0.15) is 0 Å². The summed E-state index contributed by atoms with van der Waals surface area (Å²) >= 11 is 0. The van der Waals surface area contributed by atoms with Crippen LogP contribution in [0.3, 0.4) is 0 Å². The SMILES string of the molecule is CC=C(C)CC(CC)C(=O)O. The highest BCUT2D eigenvalue weighted by atomic mass is 16.4. The van der Waals surface area contributed by atoms with Crippen LogP contribution in [0.2, 0.25) is 0 Å². The summed E-state index contributed by atoms with van der Waals surface area (Å²) < 4.78 is 0. The highest BCUT2D eigenvalue weighted by molar-refractivity contribution is 5.70. The van der Waals surface area contributed by atoms with Gasteiger partial charge in [0.25, 0.3) is 0 Å². The molecule has 0 aromatic carbocycles. The molecule has 11 heavy (non-hydrogen) atoms. The van der Waals surface area contributed by atoms with Crippen LogP contribution < -0.4 is 0 Å². The van der Waals surface area contributed by atoms with Crippen molar-refractivity contribution >= 4 is 5.97 Å². The minimum Gasteiger partial charge on any atom is -0.481 e. The fraction of sp³-hybridized carbons (Fsp3) is 0.667. The predicted octanol–water partition coefficient (Wildman–Crippen LogP) is 2.45. The second-order valence-electron chi connectivity index (χ2n) is 2.78. The number of carboxylic acids is 1. The van der Waals surface area contributed by atoms with Crippen LogP contribution in [0.1, 0.15) is 33.6 Å². The van der Waals surface area contributed by atoms with Gasteiger partial charge in [0, 0.05) is 0 Å². The molecule has 0 spiro atoms. The molecule has 0 aliphatic rings. The Hall–Kier alpha value is -0.790. The molecule has 0 aromatic rings. The van der Waals surface area contributed by atoms with Crippen molar-refractivity contribution < 1.29 is 9.90 Å². The number of hydrogen-bond donors (Lipinski definition) is 1. The first-order chi connectivity index (χ1) is 5.11. The zero-order valence-corrected chi connectivity index (χ0v) is 7.42. The van der Waals surface area contributed by atoms with E-state index in [2.05, 4.69) is 0 Å². The van der Waals surface area contributed by atoms with E-state index in [1.54, 1.807) is 0 Å². The Kier molecular flexibility index (Phi) is 4.59. The Morgan fingerprint density at radius 2 is 2.18 bits per heavy atom. The molecule has 0 fully saturated rings. The fourth-order valence-corrected chi connectivity index (χ4v) is 0.913. The zero-order valence-electron chi connectivity index (χ0n) is 7.42. The highest BCUT2D eigenvalue weighted by Gasteiger charge is 2.14. The summed E-state index contributed by atoms with van der Waals surface area (Å²) in [6, 6.07) is 0. The van der Waals surface area contributed by atoms with Crippen molar-refractivity contribution in [3.63, 3.8) is 0 Å². The third-order valence-corrected chi connectivity index (χ3v) is 1.90. The van der Waals surface area contributed by atoms with Crippen LogP contribution >= 0.6 is 0 Å². The van der Waals surface area contributed by atoms with Gasteiger partial charge in [0.05, 0.1) is 5.92 Å². The second kappa shape index (κ2) is 4.94. The molecule has 0 heterocycles. The summed E-state index contributed by atoms with van der Waals surface area (Å²) in [4.78, 5) is 10.6. The molecule has 0 aliphatic heterocycles. The zero-order chi connectivity index (χ0) is 8.85. The van der Waals surface area contributed by atoms with Crippen LogP contribution in [0, 0.1) is 5.92 Å². The van der Waals surface area contributed by atoms with Gasteiger partial charge in [-0.1, -0.05) is 18.6 Å². The first-order valence-corrected chi connectivity index (χ1v) is 3.96. The van der Waals surface area contributed by atoms with E-state index in [0.717, 1.165) is 5.57 Å². The van der Waals surface area contributed by atoms with E-state index in [4.69, 9.17) is 5.11 Å². The maximum absolute atomic E-state index is 10.6. The summed E-state index contributed by atoms with van der Waals surface area (Å²) in [5.74, 6) is -0.889. The smallest absolute Gasteiger partial charge is 0.306 e. The molecule has 2 heteroatoms. The van der Waals surface area contributed by atoms with Crippen molar-refractivity contribution in [2.45, 2.75) is 33.6 Å². The van der Waals surface area contributed by atoms with Gasteiger partial charge in [0.2, 0.25) is 0 Å². The van der Waals surface area contributed by atoms with E-state index < -0.39 is 5.97 Å². The number of aliphatic carboxylic acids is 1. The molecule has 2 nitrogen and oxygen atoms in total. The summed E-state index contributed by atoms with van der Waals surface area (Å²) in [7, 11) is 0. The molecule has 1 atom stereocenters.